The van der Waals surface area contributed by atoms with Gasteiger partial charge in [0, 0.05) is 43.7 Å². The summed E-state index contributed by atoms with van der Waals surface area (Å²) in [5, 5.41) is 7.19. The van der Waals surface area contributed by atoms with E-state index in [1.807, 2.05) is 12.1 Å². The van der Waals surface area contributed by atoms with Crippen molar-refractivity contribution in [1.29, 1.82) is 0 Å². The first-order valence-corrected chi connectivity index (χ1v) is 11.6. The van der Waals surface area contributed by atoms with Crippen LogP contribution in [0.5, 0.6) is 5.75 Å². The van der Waals surface area contributed by atoms with Crippen LogP contribution in [-0.2, 0) is 10.3 Å². The average Bonchev–Trinajstić information content (AvgIpc) is 3.24. The molecule has 1 unspecified atom stereocenters. The molecular formula is C23H33N3O2S. The molecule has 0 radical (unpaired) electrons. The molecule has 29 heavy (non-hydrogen) atoms. The summed E-state index contributed by atoms with van der Waals surface area (Å²) in [7, 11) is 1.71. The molecule has 158 valence electrons. The van der Waals surface area contributed by atoms with Gasteiger partial charge in [-0.3, -0.25) is 0 Å². The Morgan fingerprint density at radius 1 is 1.17 bits per heavy atom. The van der Waals surface area contributed by atoms with Gasteiger partial charge in [0.25, 0.3) is 0 Å². The van der Waals surface area contributed by atoms with E-state index >= 15 is 0 Å². The van der Waals surface area contributed by atoms with E-state index in [0.717, 1.165) is 41.0 Å². The second kappa shape index (κ2) is 9.13. The van der Waals surface area contributed by atoms with Crippen LogP contribution in [0, 0.1) is 5.92 Å². The Balaban J connectivity index is 1.38. The van der Waals surface area contributed by atoms with Crippen molar-refractivity contribution in [3.63, 3.8) is 0 Å². The quantitative estimate of drug-likeness (QED) is 0.624. The van der Waals surface area contributed by atoms with E-state index in [-0.39, 0.29) is 5.54 Å². The fourth-order valence-corrected chi connectivity index (χ4v) is 5.44. The van der Waals surface area contributed by atoms with E-state index in [9.17, 15) is 0 Å². The van der Waals surface area contributed by atoms with Gasteiger partial charge in [-0.25, -0.2) is 4.98 Å². The minimum atomic E-state index is -0.123. The lowest BCUT2D eigenvalue weighted by Gasteiger charge is -2.47. The van der Waals surface area contributed by atoms with Crippen molar-refractivity contribution in [1.82, 2.24) is 15.2 Å². The van der Waals surface area contributed by atoms with Gasteiger partial charge in [-0.05, 0) is 70.0 Å². The van der Waals surface area contributed by atoms with E-state index in [0.29, 0.717) is 12.6 Å². The molecule has 1 aromatic heterocycles. The minimum Gasteiger partial charge on any atom is -0.494 e. The number of hydrogen-bond acceptors (Lipinski definition) is 6. The summed E-state index contributed by atoms with van der Waals surface area (Å²) in [6.45, 7) is 9.65. The zero-order valence-electron chi connectivity index (χ0n) is 17.8. The van der Waals surface area contributed by atoms with Crippen molar-refractivity contribution >= 4 is 11.3 Å². The highest BCUT2D eigenvalue weighted by Crippen LogP contribution is 2.33. The summed E-state index contributed by atoms with van der Waals surface area (Å²) in [5.41, 5.74) is 2.15. The van der Waals surface area contributed by atoms with Crippen molar-refractivity contribution in [3.8, 4) is 16.3 Å². The number of piperidine rings is 3. The topological polar surface area (TPSA) is 46.6 Å². The first kappa shape index (κ1) is 20.8. The van der Waals surface area contributed by atoms with Gasteiger partial charge < -0.3 is 19.7 Å². The molecule has 6 heteroatoms. The molecule has 5 nitrogen and oxygen atoms in total. The molecule has 0 amide bonds. The van der Waals surface area contributed by atoms with Gasteiger partial charge in [0.05, 0.1) is 17.8 Å². The Hall–Kier alpha value is -1.47. The molecule has 0 aliphatic carbocycles. The molecular weight excluding hydrogens is 382 g/mol. The van der Waals surface area contributed by atoms with Gasteiger partial charge >= 0.3 is 0 Å². The molecule has 1 aromatic carbocycles. The molecule has 4 heterocycles. The first-order valence-electron chi connectivity index (χ1n) is 10.7. The molecule has 2 aromatic rings. The number of hydrogen-bond donors (Lipinski definition) is 1. The standard InChI is InChI=1S/C23H33N3O2S/c1-23(2,25-20-15-26-11-9-17(20)10-12-26)21-16-29-22(24-21)18-5-7-19(8-6-18)28-14-4-13-27-3/h5-8,16-17,20,25H,4,9-15H2,1-3H3. The fraction of sp³-hybridized carbons (Fsp3) is 0.609. The largest absolute Gasteiger partial charge is 0.494 e. The van der Waals surface area contributed by atoms with Crippen LogP contribution >= 0.6 is 11.3 Å². The second-order valence-corrected chi connectivity index (χ2v) is 9.63. The van der Waals surface area contributed by atoms with Gasteiger partial charge in [-0.1, -0.05) is 0 Å². The Morgan fingerprint density at radius 2 is 1.93 bits per heavy atom. The van der Waals surface area contributed by atoms with Crippen LogP contribution in [0.4, 0.5) is 0 Å². The van der Waals surface area contributed by atoms with E-state index in [2.05, 4.69) is 41.6 Å². The third-order valence-corrected chi connectivity index (χ3v) is 7.10. The summed E-state index contributed by atoms with van der Waals surface area (Å²) in [6.07, 6.45) is 3.56. The number of nitrogens with one attached hydrogen (secondary N) is 1. The number of nitrogens with zero attached hydrogens (tertiary/aromatic N) is 2. The first-order chi connectivity index (χ1) is 14.0. The Kier molecular flexibility index (Phi) is 6.54. The lowest BCUT2D eigenvalue weighted by molar-refractivity contribution is 0.0580. The lowest BCUT2D eigenvalue weighted by Crippen LogP contribution is -2.59. The Bertz CT molecular complexity index is 782. The van der Waals surface area contributed by atoms with E-state index < -0.39 is 0 Å². The van der Waals surface area contributed by atoms with Crippen molar-refractivity contribution in [2.45, 2.75) is 44.7 Å². The third kappa shape index (κ3) is 5.00. The van der Waals surface area contributed by atoms with Crippen LogP contribution < -0.4 is 10.1 Å². The SMILES string of the molecule is COCCCOc1ccc(-c2nc(C(C)(C)NC3CN4CCC3CC4)cs2)cc1. The number of thiazole rings is 1. The smallest absolute Gasteiger partial charge is 0.123 e. The molecule has 1 N–H and O–H groups in total. The highest BCUT2D eigenvalue weighted by Gasteiger charge is 2.37. The average molecular weight is 416 g/mol. The minimum absolute atomic E-state index is 0.123. The van der Waals surface area contributed by atoms with Crippen molar-refractivity contribution in [3.05, 3.63) is 35.3 Å². The predicted octanol–water partition coefficient (Wildman–Crippen LogP) is 4.14. The molecule has 3 aliphatic heterocycles. The van der Waals surface area contributed by atoms with Gasteiger partial charge in [-0.15, -0.1) is 11.3 Å². The van der Waals surface area contributed by atoms with Crippen LogP contribution in [0.2, 0.25) is 0 Å². The van der Waals surface area contributed by atoms with Crippen LogP contribution in [-0.4, -0.2) is 55.9 Å². The normalized spacial score (nSPS) is 24.0. The maximum atomic E-state index is 5.76. The van der Waals surface area contributed by atoms with Crippen LogP contribution in [0.15, 0.2) is 29.6 Å². The van der Waals surface area contributed by atoms with E-state index in [1.165, 1.54) is 32.5 Å². The summed E-state index contributed by atoms with van der Waals surface area (Å²) in [6, 6.07) is 8.83. The van der Waals surface area contributed by atoms with Crippen molar-refractivity contribution in [2.24, 2.45) is 5.92 Å². The Labute approximate surface area is 178 Å². The summed E-state index contributed by atoms with van der Waals surface area (Å²) >= 11 is 1.72. The highest BCUT2D eigenvalue weighted by atomic mass is 32.1. The van der Waals surface area contributed by atoms with Crippen LogP contribution in [0.1, 0.15) is 38.8 Å². The zero-order chi connectivity index (χ0) is 20.3. The zero-order valence-corrected chi connectivity index (χ0v) is 18.6. The molecule has 5 rings (SSSR count). The predicted molar refractivity (Wildman–Crippen MR) is 119 cm³/mol. The Morgan fingerprint density at radius 3 is 2.59 bits per heavy atom. The number of ether oxygens (including phenoxy) is 2. The molecule has 3 fully saturated rings. The lowest BCUT2D eigenvalue weighted by atomic mass is 9.82. The van der Waals surface area contributed by atoms with Crippen molar-refractivity contribution in [2.75, 3.05) is 40.0 Å². The van der Waals surface area contributed by atoms with E-state index in [4.69, 9.17) is 14.5 Å². The van der Waals surface area contributed by atoms with Gasteiger partial charge in [0.2, 0.25) is 0 Å². The number of aromatic nitrogens is 1. The van der Waals surface area contributed by atoms with Gasteiger partial charge in [0.15, 0.2) is 0 Å². The number of methoxy groups -OCH3 is 1. The molecule has 1 atom stereocenters. The number of benzene rings is 1. The van der Waals surface area contributed by atoms with Crippen LogP contribution in [0.25, 0.3) is 10.6 Å². The summed E-state index contributed by atoms with van der Waals surface area (Å²) in [4.78, 5) is 7.58. The van der Waals surface area contributed by atoms with Crippen LogP contribution in [0.3, 0.4) is 0 Å². The fourth-order valence-electron chi connectivity index (χ4n) is 4.45. The maximum Gasteiger partial charge on any atom is 0.123 e. The van der Waals surface area contributed by atoms with E-state index in [1.54, 1.807) is 18.4 Å². The second-order valence-electron chi connectivity index (χ2n) is 8.77. The maximum absolute atomic E-state index is 5.76. The monoisotopic (exact) mass is 415 g/mol. The third-order valence-electron chi connectivity index (χ3n) is 6.21. The molecule has 0 spiro atoms. The number of rotatable bonds is 9. The van der Waals surface area contributed by atoms with Gasteiger partial charge in [0.1, 0.15) is 10.8 Å². The molecule has 0 saturated carbocycles. The molecule has 2 bridgehead atoms. The molecule has 3 aliphatic rings. The highest BCUT2D eigenvalue weighted by molar-refractivity contribution is 7.13. The number of fused-ring (bicyclic) bond motifs is 3. The van der Waals surface area contributed by atoms with Crippen molar-refractivity contribution < 1.29 is 9.47 Å². The summed E-state index contributed by atoms with van der Waals surface area (Å²) < 4.78 is 10.8. The summed E-state index contributed by atoms with van der Waals surface area (Å²) in [5.74, 6) is 1.71. The molecule has 3 saturated heterocycles. The van der Waals surface area contributed by atoms with Gasteiger partial charge in [-0.2, -0.15) is 0 Å².